The molecule has 0 heterocycles. The van der Waals surface area contributed by atoms with E-state index in [1.807, 2.05) is 0 Å². The van der Waals surface area contributed by atoms with Gasteiger partial charge in [-0.2, -0.15) is 13.2 Å². The number of hydroxylamine groups is 1. The van der Waals surface area contributed by atoms with E-state index in [1.165, 1.54) is 23.7 Å². The summed E-state index contributed by atoms with van der Waals surface area (Å²) >= 11 is 0. The Labute approximate surface area is 147 Å². The molecule has 4 nitrogen and oxygen atoms in total. The number of carbonyl (C=O) groups excluding carboxylic acids is 2. The fraction of sp³-hybridized carbons (Fsp3) is 0.0526. The summed E-state index contributed by atoms with van der Waals surface area (Å²) in [4.78, 5) is 22.9. The number of ketones is 1. The molecule has 0 aliphatic heterocycles. The van der Waals surface area contributed by atoms with Gasteiger partial charge in [-0.05, 0) is 35.4 Å². The Morgan fingerprint density at radius 3 is 1.81 bits per heavy atom. The summed E-state index contributed by atoms with van der Waals surface area (Å²) in [6.45, 7) is 0. The molecule has 26 heavy (non-hydrogen) atoms. The number of carbonyl (C=O) groups is 2. The molecule has 0 bridgehead atoms. The molecule has 0 aromatic heterocycles. The maximum absolute atomic E-state index is 12.5. The van der Waals surface area contributed by atoms with E-state index in [0.717, 1.165) is 30.3 Å². The molecule has 7 heteroatoms. The smallest absolute Gasteiger partial charge is 0.289 e. The van der Waals surface area contributed by atoms with Gasteiger partial charge in [-0.15, -0.1) is 0 Å². The van der Waals surface area contributed by atoms with Crippen LogP contribution >= 0.6 is 0 Å². The van der Waals surface area contributed by atoms with Gasteiger partial charge in [-0.25, -0.2) is 5.48 Å². The molecule has 0 radical (unpaired) electrons. The molecule has 0 atom stereocenters. The van der Waals surface area contributed by atoms with Crippen LogP contribution in [0.15, 0.2) is 60.7 Å². The Morgan fingerprint density at radius 2 is 1.35 bits per heavy atom. The van der Waals surface area contributed by atoms with E-state index in [9.17, 15) is 22.8 Å². The van der Waals surface area contributed by atoms with Crippen molar-refractivity contribution in [2.24, 2.45) is 0 Å². The van der Waals surface area contributed by atoms with Crippen LogP contribution in [0.2, 0.25) is 0 Å². The molecule has 0 fully saturated rings. The van der Waals surface area contributed by atoms with Gasteiger partial charge in [0.25, 0.3) is 5.91 Å². The quantitative estimate of drug-likeness (QED) is 0.364. The van der Waals surface area contributed by atoms with Crippen LogP contribution in [0.5, 0.6) is 0 Å². The van der Waals surface area contributed by atoms with Gasteiger partial charge in [-0.3, -0.25) is 14.8 Å². The summed E-state index contributed by atoms with van der Waals surface area (Å²) in [7, 11) is 0. The Balaban J connectivity index is 2.03. The lowest BCUT2D eigenvalue weighted by atomic mass is 10.1. The normalized spacial score (nSPS) is 11.8. The predicted molar refractivity (Wildman–Crippen MR) is 90.2 cm³/mol. The van der Waals surface area contributed by atoms with Crippen molar-refractivity contribution in [2.75, 3.05) is 0 Å². The number of benzene rings is 2. The Morgan fingerprint density at radius 1 is 0.846 bits per heavy atom. The highest BCUT2D eigenvalue weighted by Gasteiger charge is 2.30. The standard InChI is InChI=1S/C19H14F3NO3/c20-19(21,22)16-9-7-15(8-10-16)17(24)11-5-13-1-3-14(4-2-13)6-12-18(25)23-26/h1-12,26H,(H,23,25)/b11-5+,12-6+. The minimum atomic E-state index is -4.44. The van der Waals surface area contributed by atoms with E-state index >= 15 is 0 Å². The van der Waals surface area contributed by atoms with Gasteiger partial charge >= 0.3 is 6.18 Å². The zero-order valence-electron chi connectivity index (χ0n) is 13.3. The number of allylic oxidation sites excluding steroid dienone is 1. The zero-order chi connectivity index (χ0) is 19.2. The van der Waals surface area contributed by atoms with E-state index in [-0.39, 0.29) is 5.56 Å². The first-order valence-electron chi connectivity index (χ1n) is 7.41. The number of hydrogen-bond donors (Lipinski definition) is 2. The first-order valence-corrected chi connectivity index (χ1v) is 7.41. The Bertz CT molecular complexity index is 836. The fourth-order valence-corrected chi connectivity index (χ4v) is 2.02. The van der Waals surface area contributed by atoms with Gasteiger partial charge < -0.3 is 0 Å². The summed E-state index contributed by atoms with van der Waals surface area (Å²) in [5.41, 5.74) is 2.23. The van der Waals surface area contributed by atoms with Crippen LogP contribution in [-0.4, -0.2) is 16.9 Å². The van der Waals surface area contributed by atoms with Crippen LogP contribution in [0.4, 0.5) is 13.2 Å². The molecule has 2 aromatic carbocycles. The average molecular weight is 361 g/mol. The van der Waals surface area contributed by atoms with Crippen molar-refractivity contribution in [3.8, 4) is 0 Å². The summed E-state index contributed by atoms with van der Waals surface area (Å²) < 4.78 is 37.5. The van der Waals surface area contributed by atoms with Gasteiger partial charge in [0.1, 0.15) is 0 Å². The van der Waals surface area contributed by atoms with E-state index < -0.39 is 23.4 Å². The van der Waals surface area contributed by atoms with Crippen molar-refractivity contribution in [1.29, 1.82) is 0 Å². The number of halogens is 3. The molecular formula is C19H14F3NO3. The first kappa shape index (κ1) is 19.1. The summed E-state index contributed by atoms with van der Waals surface area (Å²) in [5, 5.41) is 8.38. The van der Waals surface area contributed by atoms with E-state index in [2.05, 4.69) is 0 Å². The number of rotatable bonds is 5. The maximum atomic E-state index is 12.5. The largest absolute Gasteiger partial charge is 0.416 e. The molecular weight excluding hydrogens is 347 g/mol. The molecule has 1 amide bonds. The third-order valence-electron chi connectivity index (χ3n) is 3.40. The summed E-state index contributed by atoms with van der Waals surface area (Å²) in [6, 6.07) is 10.8. The van der Waals surface area contributed by atoms with Gasteiger partial charge in [0.2, 0.25) is 0 Å². The number of nitrogens with one attached hydrogen (secondary N) is 1. The van der Waals surface area contributed by atoms with Crippen molar-refractivity contribution < 1.29 is 28.0 Å². The van der Waals surface area contributed by atoms with Crippen molar-refractivity contribution in [2.45, 2.75) is 6.18 Å². The van der Waals surface area contributed by atoms with Gasteiger partial charge in [0.05, 0.1) is 5.56 Å². The van der Waals surface area contributed by atoms with Crippen LogP contribution in [-0.2, 0) is 11.0 Å². The maximum Gasteiger partial charge on any atom is 0.416 e. The molecule has 2 aromatic rings. The van der Waals surface area contributed by atoms with Gasteiger partial charge in [0, 0.05) is 11.6 Å². The molecule has 0 aliphatic carbocycles. The lowest BCUT2D eigenvalue weighted by Crippen LogP contribution is -2.14. The number of alkyl halides is 3. The lowest BCUT2D eigenvalue weighted by Gasteiger charge is -2.06. The molecule has 0 unspecified atom stereocenters. The molecule has 134 valence electrons. The molecule has 2 N–H and O–H groups in total. The molecule has 2 rings (SSSR count). The highest BCUT2D eigenvalue weighted by molar-refractivity contribution is 6.06. The minimum Gasteiger partial charge on any atom is -0.289 e. The predicted octanol–water partition coefficient (Wildman–Crippen LogP) is 4.12. The number of hydrogen-bond acceptors (Lipinski definition) is 3. The summed E-state index contributed by atoms with van der Waals surface area (Å²) in [6.07, 6.45) is 1.01. The van der Waals surface area contributed by atoms with E-state index in [4.69, 9.17) is 5.21 Å². The van der Waals surface area contributed by atoms with Crippen LogP contribution in [0.25, 0.3) is 12.2 Å². The van der Waals surface area contributed by atoms with Crippen molar-refractivity contribution >= 4 is 23.8 Å². The van der Waals surface area contributed by atoms with Crippen molar-refractivity contribution in [3.05, 3.63) is 82.9 Å². The lowest BCUT2D eigenvalue weighted by molar-refractivity contribution is -0.137. The highest BCUT2D eigenvalue weighted by atomic mass is 19.4. The van der Waals surface area contributed by atoms with Crippen LogP contribution < -0.4 is 5.48 Å². The number of amides is 1. The second kappa shape index (κ2) is 8.26. The Hall–Kier alpha value is -3.19. The second-order valence-electron chi connectivity index (χ2n) is 5.25. The van der Waals surface area contributed by atoms with Crippen molar-refractivity contribution in [1.82, 2.24) is 5.48 Å². The van der Waals surface area contributed by atoms with E-state index in [0.29, 0.717) is 11.1 Å². The molecule has 0 saturated carbocycles. The SMILES string of the molecule is O=C(/C=C/c1ccc(/C=C/C(=O)c2ccc(C(F)(F)F)cc2)cc1)NO. The van der Waals surface area contributed by atoms with E-state index in [1.54, 1.807) is 24.3 Å². The summed E-state index contributed by atoms with van der Waals surface area (Å²) in [5.74, 6) is -1.07. The Kier molecular flexibility index (Phi) is 6.08. The monoisotopic (exact) mass is 361 g/mol. The first-order chi connectivity index (χ1) is 12.3. The van der Waals surface area contributed by atoms with Gasteiger partial charge in [0.15, 0.2) is 5.78 Å². The fourth-order valence-electron chi connectivity index (χ4n) is 2.02. The topological polar surface area (TPSA) is 66.4 Å². The minimum absolute atomic E-state index is 0.156. The molecule has 0 aliphatic rings. The highest BCUT2D eigenvalue weighted by Crippen LogP contribution is 2.29. The van der Waals surface area contributed by atoms with Crippen LogP contribution in [0, 0.1) is 0 Å². The zero-order valence-corrected chi connectivity index (χ0v) is 13.3. The third kappa shape index (κ3) is 5.42. The van der Waals surface area contributed by atoms with Gasteiger partial charge in [-0.1, -0.05) is 42.5 Å². The molecule has 0 spiro atoms. The van der Waals surface area contributed by atoms with Crippen molar-refractivity contribution in [3.63, 3.8) is 0 Å². The second-order valence-corrected chi connectivity index (χ2v) is 5.25. The third-order valence-corrected chi connectivity index (χ3v) is 3.40. The average Bonchev–Trinajstić information content (AvgIpc) is 2.64. The molecule has 0 saturated heterocycles. The van der Waals surface area contributed by atoms with Crippen LogP contribution in [0.3, 0.4) is 0 Å². The van der Waals surface area contributed by atoms with Crippen LogP contribution in [0.1, 0.15) is 27.0 Å².